The van der Waals surface area contributed by atoms with E-state index in [2.05, 4.69) is 10.4 Å². The molecule has 33 heavy (non-hydrogen) atoms. The van der Waals surface area contributed by atoms with Crippen molar-refractivity contribution in [2.24, 2.45) is 0 Å². The zero-order valence-corrected chi connectivity index (χ0v) is 19.2. The first-order chi connectivity index (χ1) is 15.8. The molecule has 1 N–H and O–H groups in total. The molecule has 4 nitrogen and oxygen atoms in total. The fourth-order valence-corrected chi connectivity index (χ4v) is 4.38. The minimum atomic E-state index is -0.644. The first-order valence-corrected chi connectivity index (χ1v) is 11.2. The summed E-state index contributed by atoms with van der Waals surface area (Å²) in [5.74, 6) is -1.55. The number of nitrogens with zero attached hydrogens (tertiary/aromatic N) is 2. The molecule has 0 radical (unpaired) electrons. The number of halogens is 2. The maximum Gasteiger partial charge on any atom is 0.253 e. The SMILES string of the molecule is CCC(NC(=O)c1ccc2c(-c3c(F)cccc3F)c(C)nn2c1C(C)C)c1ccccc1. The van der Waals surface area contributed by atoms with Crippen LogP contribution in [0, 0.1) is 18.6 Å². The summed E-state index contributed by atoms with van der Waals surface area (Å²) in [5, 5.41) is 7.73. The lowest BCUT2D eigenvalue weighted by Gasteiger charge is -2.20. The highest BCUT2D eigenvalue weighted by atomic mass is 19.1. The van der Waals surface area contributed by atoms with E-state index in [0.717, 1.165) is 12.0 Å². The third-order valence-corrected chi connectivity index (χ3v) is 5.93. The van der Waals surface area contributed by atoms with Crippen LogP contribution in [0.3, 0.4) is 0 Å². The van der Waals surface area contributed by atoms with Gasteiger partial charge in [-0.3, -0.25) is 4.79 Å². The monoisotopic (exact) mass is 447 g/mol. The van der Waals surface area contributed by atoms with E-state index < -0.39 is 11.6 Å². The summed E-state index contributed by atoms with van der Waals surface area (Å²) in [4.78, 5) is 13.4. The van der Waals surface area contributed by atoms with Crippen molar-refractivity contribution in [1.82, 2.24) is 14.9 Å². The Morgan fingerprint density at radius 3 is 2.24 bits per heavy atom. The quantitative estimate of drug-likeness (QED) is 0.362. The number of hydrogen-bond donors (Lipinski definition) is 1. The van der Waals surface area contributed by atoms with Crippen LogP contribution in [0.4, 0.5) is 8.78 Å². The number of carbonyl (C=O) groups is 1. The topological polar surface area (TPSA) is 46.4 Å². The number of aryl methyl sites for hydroxylation is 1. The van der Waals surface area contributed by atoms with E-state index in [0.29, 0.717) is 28.0 Å². The van der Waals surface area contributed by atoms with Gasteiger partial charge in [-0.2, -0.15) is 5.10 Å². The normalized spacial score (nSPS) is 12.3. The molecule has 2 aromatic heterocycles. The van der Waals surface area contributed by atoms with Crippen molar-refractivity contribution < 1.29 is 13.6 Å². The Morgan fingerprint density at radius 2 is 1.64 bits per heavy atom. The van der Waals surface area contributed by atoms with Crippen LogP contribution in [0.5, 0.6) is 0 Å². The van der Waals surface area contributed by atoms with Crippen LogP contribution < -0.4 is 5.32 Å². The molecule has 0 aliphatic heterocycles. The van der Waals surface area contributed by atoms with Crippen LogP contribution in [0.2, 0.25) is 0 Å². The Bertz CT molecular complexity index is 1290. The Balaban J connectivity index is 1.83. The molecule has 0 saturated heterocycles. The molecule has 0 bridgehead atoms. The van der Waals surface area contributed by atoms with Gasteiger partial charge in [0, 0.05) is 5.56 Å². The minimum Gasteiger partial charge on any atom is -0.345 e. The second-order valence-corrected chi connectivity index (χ2v) is 8.49. The van der Waals surface area contributed by atoms with Crippen molar-refractivity contribution in [2.75, 3.05) is 0 Å². The molecule has 4 rings (SSSR count). The van der Waals surface area contributed by atoms with E-state index in [1.807, 2.05) is 51.1 Å². The van der Waals surface area contributed by atoms with Crippen molar-refractivity contribution in [1.29, 1.82) is 0 Å². The number of nitrogens with one attached hydrogen (secondary N) is 1. The second kappa shape index (κ2) is 9.14. The molecule has 0 saturated carbocycles. The first kappa shape index (κ1) is 22.6. The van der Waals surface area contributed by atoms with Gasteiger partial charge in [0.15, 0.2) is 0 Å². The Kier molecular flexibility index (Phi) is 6.27. The van der Waals surface area contributed by atoms with Gasteiger partial charge >= 0.3 is 0 Å². The van der Waals surface area contributed by atoms with Crippen LogP contribution in [0.1, 0.15) is 66.5 Å². The number of benzene rings is 2. The molecule has 0 fully saturated rings. The fourth-order valence-electron chi connectivity index (χ4n) is 4.38. The Labute approximate surface area is 192 Å². The van der Waals surface area contributed by atoms with Gasteiger partial charge in [0.05, 0.1) is 34.1 Å². The summed E-state index contributed by atoms with van der Waals surface area (Å²) >= 11 is 0. The molecule has 2 heterocycles. The summed E-state index contributed by atoms with van der Waals surface area (Å²) in [7, 11) is 0. The van der Waals surface area contributed by atoms with Crippen molar-refractivity contribution in [2.45, 2.75) is 46.1 Å². The standard InChI is InChI=1S/C27H27F2N3O/c1-5-22(18-10-7-6-8-11-18)30-27(33)19-14-15-23-24(25-20(28)12-9-13-21(25)29)17(4)31-32(23)26(19)16(2)3/h6-16,22H,5H2,1-4H3,(H,30,33). The number of carbonyl (C=O) groups excluding carboxylic acids is 1. The summed E-state index contributed by atoms with van der Waals surface area (Å²) in [6.07, 6.45) is 0.743. The van der Waals surface area contributed by atoms with E-state index >= 15 is 0 Å². The molecule has 0 spiro atoms. The fraction of sp³-hybridized carbons (Fsp3) is 0.259. The largest absolute Gasteiger partial charge is 0.345 e. The molecule has 170 valence electrons. The highest BCUT2D eigenvalue weighted by Crippen LogP contribution is 2.35. The molecule has 4 aromatic rings. The maximum atomic E-state index is 14.6. The molecule has 0 aliphatic rings. The van der Waals surface area contributed by atoms with Crippen molar-refractivity contribution >= 4 is 11.4 Å². The highest BCUT2D eigenvalue weighted by Gasteiger charge is 2.25. The lowest BCUT2D eigenvalue weighted by atomic mass is 9.99. The number of pyridine rings is 1. The lowest BCUT2D eigenvalue weighted by molar-refractivity contribution is 0.0933. The van der Waals surface area contributed by atoms with E-state index in [9.17, 15) is 13.6 Å². The van der Waals surface area contributed by atoms with Crippen LogP contribution in [0.25, 0.3) is 16.6 Å². The molecular formula is C27H27F2N3O. The van der Waals surface area contributed by atoms with Gasteiger partial charge in [0.1, 0.15) is 11.6 Å². The Hall–Kier alpha value is -3.54. The number of aromatic nitrogens is 2. The molecule has 1 atom stereocenters. The molecule has 0 aliphatic carbocycles. The number of rotatable bonds is 6. The average molecular weight is 448 g/mol. The average Bonchev–Trinajstić information content (AvgIpc) is 3.12. The third kappa shape index (κ3) is 4.13. The lowest BCUT2D eigenvalue weighted by Crippen LogP contribution is -2.29. The number of amides is 1. The van der Waals surface area contributed by atoms with Crippen molar-refractivity contribution in [3.8, 4) is 11.1 Å². The van der Waals surface area contributed by atoms with Crippen LogP contribution >= 0.6 is 0 Å². The van der Waals surface area contributed by atoms with E-state index in [1.54, 1.807) is 23.6 Å². The maximum absolute atomic E-state index is 14.6. The van der Waals surface area contributed by atoms with Gasteiger partial charge in [0.25, 0.3) is 5.91 Å². The van der Waals surface area contributed by atoms with Crippen molar-refractivity contribution in [3.05, 3.63) is 94.8 Å². The predicted octanol–water partition coefficient (Wildman–Crippen LogP) is 6.59. The smallest absolute Gasteiger partial charge is 0.253 e. The minimum absolute atomic E-state index is 0.0520. The van der Waals surface area contributed by atoms with Crippen LogP contribution in [-0.2, 0) is 0 Å². The van der Waals surface area contributed by atoms with Gasteiger partial charge in [-0.1, -0.05) is 57.2 Å². The van der Waals surface area contributed by atoms with Gasteiger partial charge in [0.2, 0.25) is 0 Å². The number of fused-ring (bicyclic) bond motifs is 1. The summed E-state index contributed by atoms with van der Waals surface area (Å²) < 4.78 is 30.8. The zero-order valence-electron chi connectivity index (χ0n) is 19.2. The van der Waals surface area contributed by atoms with Gasteiger partial charge in [-0.05, 0) is 49.1 Å². The van der Waals surface area contributed by atoms with Gasteiger partial charge < -0.3 is 5.32 Å². The molecule has 6 heteroatoms. The summed E-state index contributed by atoms with van der Waals surface area (Å²) in [6.45, 7) is 7.69. The molecule has 2 aromatic carbocycles. The first-order valence-electron chi connectivity index (χ1n) is 11.2. The summed E-state index contributed by atoms with van der Waals surface area (Å²) in [5.41, 5.74) is 3.57. The number of hydrogen-bond acceptors (Lipinski definition) is 2. The second-order valence-electron chi connectivity index (χ2n) is 8.49. The van der Waals surface area contributed by atoms with Crippen LogP contribution in [0.15, 0.2) is 60.7 Å². The van der Waals surface area contributed by atoms with E-state index in [4.69, 9.17) is 0 Å². The zero-order chi connectivity index (χ0) is 23.7. The molecular weight excluding hydrogens is 420 g/mol. The van der Waals surface area contributed by atoms with Crippen molar-refractivity contribution in [3.63, 3.8) is 0 Å². The third-order valence-electron chi connectivity index (χ3n) is 5.93. The van der Waals surface area contributed by atoms with Gasteiger partial charge in [-0.15, -0.1) is 0 Å². The Morgan fingerprint density at radius 1 is 0.970 bits per heavy atom. The van der Waals surface area contributed by atoms with Crippen LogP contribution in [-0.4, -0.2) is 15.5 Å². The molecule has 1 amide bonds. The highest BCUT2D eigenvalue weighted by molar-refractivity contribution is 5.97. The predicted molar refractivity (Wildman–Crippen MR) is 126 cm³/mol. The van der Waals surface area contributed by atoms with E-state index in [1.165, 1.54) is 18.2 Å². The van der Waals surface area contributed by atoms with Gasteiger partial charge in [-0.25, -0.2) is 13.3 Å². The van der Waals surface area contributed by atoms with E-state index in [-0.39, 0.29) is 23.4 Å². The summed E-state index contributed by atoms with van der Waals surface area (Å²) in [6, 6.07) is 17.0. The molecule has 1 unspecified atom stereocenters.